The zero-order valence-corrected chi connectivity index (χ0v) is 13.0. The summed E-state index contributed by atoms with van der Waals surface area (Å²) >= 11 is 0. The van der Waals surface area contributed by atoms with Crippen LogP contribution in [0.1, 0.15) is 25.3 Å². The number of aliphatic carboxylic acids is 1. The molecule has 0 spiro atoms. The zero-order chi connectivity index (χ0) is 15.6. The summed E-state index contributed by atoms with van der Waals surface area (Å²) < 4.78 is 10.7. The van der Waals surface area contributed by atoms with Crippen molar-refractivity contribution >= 4 is 5.97 Å². The molecule has 1 saturated heterocycles. The Hall–Kier alpha value is -1.75. The van der Waals surface area contributed by atoms with Gasteiger partial charge in [0.25, 0.3) is 0 Å². The van der Waals surface area contributed by atoms with Gasteiger partial charge in [0.05, 0.1) is 20.1 Å². The zero-order valence-electron chi connectivity index (χ0n) is 13.0. The van der Waals surface area contributed by atoms with Gasteiger partial charge in [-0.15, -0.1) is 0 Å². The molecule has 2 atom stereocenters. The average molecular weight is 293 g/mol. The molecule has 2 rings (SSSR count). The van der Waals surface area contributed by atoms with E-state index in [-0.39, 0.29) is 5.92 Å². The minimum absolute atomic E-state index is 0.0880. The summed E-state index contributed by atoms with van der Waals surface area (Å²) in [4.78, 5) is 13.8. The molecule has 0 radical (unpaired) electrons. The number of ether oxygens (including phenoxy) is 2. The molecule has 0 saturated carbocycles. The van der Waals surface area contributed by atoms with Gasteiger partial charge in [0.15, 0.2) is 0 Å². The largest absolute Gasteiger partial charge is 0.497 e. The summed E-state index contributed by atoms with van der Waals surface area (Å²) in [6, 6.07) is 5.88. The maximum absolute atomic E-state index is 11.6. The monoisotopic (exact) mass is 293 g/mol. The first-order valence-corrected chi connectivity index (χ1v) is 7.16. The third-order valence-electron chi connectivity index (χ3n) is 4.23. The SMILES string of the molecule is COc1ccc(OC)c(C2CN(C(C)C)CC2C(=O)O)c1. The molecule has 1 fully saturated rings. The summed E-state index contributed by atoms with van der Waals surface area (Å²) in [5, 5.41) is 9.54. The van der Waals surface area contributed by atoms with Gasteiger partial charge in [0.1, 0.15) is 11.5 Å². The number of benzene rings is 1. The van der Waals surface area contributed by atoms with Crippen LogP contribution in [0, 0.1) is 5.92 Å². The number of hydrogen-bond acceptors (Lipinski definition) is 4. The van der Waals surface area contributed by atoms with Crippen LogP contribution in [0.3, 0.4) is 0 Å². The smallest absolute Gasteiger partial charge is 0.308 e. The summed E-state index contributed by atoms with van der Waals surface area (Å²) in [6.07, 6.45) is 0. The Kier molecular flexibility index (Phi) is 4.73. The Morgan fingerprint density at radius 1 is 1.29 bits per heavy atom. The van der Waals surface area contributed by atoms with Gasteiger partial charge in [0.2, 0.25) is 0 Å². The third-order valence-corrected chi connectivity index (χ3v) is 4.23. The van der Waals surface area contributed by atoms with Crippen LogP contribution in [-0.2, 0) is 4.79 Å². The van der Waals surface area contributed by atoms with E-state index in [1.165, 1.54) is 0 Å². The summed E-state index contributed by atoms with van der Waals surface area (Å²) in [5.41, 5.74) is 0.910. The molecule has 116 valence electrons. The van der Waals surface area contributed by atoms with Crippen molar-refractivity contribution in [1.29, 1.82) is 0 Å². The van der Waals surface area contributed by atoms with Crippen molar-refractivity contribution in [2.45, 2.75) is 25.8 Å². The average Bonchev–Trinajstić information content (AvgIpc) is 2.92. The van der Waals surface area contributed by atoms with Gasteiger partial charge in [-0.25, -0.2) is 0 Å². The van der Waals surface area contributed by atoms with Gasteiger partial charge >= 0.3 is 5.97 Å². The van der Waals surface area contributed by atoms with Crippen molar-refractivity contribution in [3.05, 3.63) is 23.8 Å². The molecule has 5 nitrogen and oxygen atoms in total. The van der Waals surface area contributed by atoms with Crippen LogP contribution in [0.2, 0.25) is 0 Å². The van der Waals surface area contributed by atoms with Crippen molar-refractivity contribution in [3.63, 3.8) is 0 Å². The molecule has 5 heteroatoms. The van der Waals surface area contributed by atoms with Crippen LogP contribution in [0.4, 0.5) is 0 Å². The van der Waals surface area contributed by atoms with E-state index in [0.29, 0.717) is 12.6 Å². The number of carboxylic acid groups (broad SMARTS) is 1. The minimum atomic E-state index is -0.756. The van der Waals surface area contributed by atoms with E-state index in [0.717, 1.165) is 23.6 Å². The van der Waals surface area contributed by atoms with Gasteiger partial charge < -0.3 is 14.6 Å². The van der Waals surface area contributed by atoms with Gasteiger partial charge in [-0.05, 0) is 32.0 Å². The standard InChI is InChI=1S/C16H23NO4/c1-10(2)17-8-13(14(9-17)16(18)19)12-7-11(20-3)5-6-15(12)21-4/h5-7,10,13-14H,8-9H2,1-4H3,(H,18,19). The normalized spacial score (nSPS) is 22.5. The number of carboxylic acids is 1. The highest BCUT2D eigenvalue weighted by molar-refractivity contribution is 5.72. The van der Waals surface area contributed by atoms with Crippen molar-refractivity contribution in [2.24, 2.45) is 5.92 Å². The summed E-state index contributed by atoms with van der Waals surface area (Å²) in [6.45, 7) is 5.46. The van der Waals surface area contributed by atoms with Crippen molar-refractivity contribution in [1.82, 2.24) is 4.90 Å². The molecule has 1 aliphatic heterocycles. The van der Waals surface area contributed by atoms with Crippen molar-refractivity contribution in [2.75, 3.05) is 27.3 Å². The first-order valence-electron chi connectivity index (χ1n) is 7.16. The van der Waals surface area contributed by atoms with E-state index in [1.807, 2.05) is 18.2 Å². The van der Waals surface area contributed by atoms with Crippen molar-refractivity contribution in [3.8, 4) is 11.5 Å². The van der Waals surface area contributed by atoms with Crippen molar-refractivity contribution < 1.29 is 19.4 Å². The molecule has 1 aromatic carbocycles. The maximum Gasteiger partial charge on any atom is 0.308 e. The van der Waals surface area contributed by atoms with Crippen LogP contribution in [0.25, 0.3) is 0 Å². The number of rotatable bonds is 5. The molecule has 2 unspecified atom stereocenters. The molecular weight excluding hydrogens is 270 g/mol. The fourth-order valence-electron chi connectivity index (χ4n) is 2.95. The fraction of sp³-hybridized carbons (Fsp3) is 0.562. The highest BCUT2D eigenvalue weighted by Gasteiger charge is 2.40. The van der Waals surface area contributed by atoms with Crippen LogP contribution in [-0.4, -0.2) is 49.3 Å². The first kappa shape index (κ1) is 15.6. The molecule has 1 aliphatic rings. The predicted molar refractivity (Wildman–Crippen MR) is 80.1 cm³/mol. The lowest BCUT2D eigenvalue weighted by Crippen LogP contribution is -2.29. The Balaban J connectivity index is 2.40. The number of hydrogen-bond donors (Lipinski definition) is 1. The lowest BCUT2D eigenvalue weighted by Gasteiger charge is -2.21. The third kappa shape index (κ3) is 3.13. The first-order chi connectivity index (χ1) is 9.97. The van der Waals surface area contributed by atoms with E-state index in [2.05, 4.69) is 18.7 Å². The fourth-order valence-corrected chi connectivity index (χ4v) is 2.95. The molecule has 21 heavy (non-hydrogen) atoms. The quantitative estimate of drug-likeness (QED) is 0.902. The van der Waals surface area contributed by atoms with Gasteiger partial charge in [-0.3, -0.25) is 9.69 Å². The van der Waals surface area contributed by atoms with Gasteiger partial charge in [-0.1, -0.05) is 0 Å². The lowest BCUT2D eigenvalue weighted by atomic mass is 9.88. The Morgan fingerprint density at radius 3 is 2.52 bits per heavy atom. The maximum atomic E-state index is 11.6. The van der Waals surface area contributed by atoms with Crippen LogP contribution in [0.5, 0.6) is 11.5 Å². The minimum Gasteiger partial charge on any atom is -0.497 e. The van der Waals surface area contributed by atoms with Crippen LogP contribution >= 0.6 is 0 Å². The summed E-state index contributed by atoms with van der Waals surface area (Å²) in [5.74, 6) is 0.173. The topological polar surface area (TPSA) is 59.0 Å². The number of methoxy groups -OCH3 is 2. The van der Waals surface area contributed by atoms with E-state index >= 15 is 0 Å². The number of carbonyl (C=O) groups is 1. The molecule has 1 aromatic rings. The van der Waals surface area contributed by atoms with E-state index < -0.39 is 11.9 Å². The Labute approximate surface area is 125 Å². The van der Waals surface area contributed by atoms with Gasteiger partial charge in [0, 0.05) is 30.6 Å². The van der Waals surface area contributed by atoms with E-state index in [1.54, 1.807) is 14.2 Å². The molecule has 1 N–H and O–H groups in total. The van der Waals surface area contributed by atoms with Crippen LogP contribution < -0.4 is 9.47 Å². The Bertz CT molecular complexity index is 515. The second-order valence-electron chi connectivity index (χ2n) is 5.71. The lowest BCUT2D eigenvalue weighted by molar-refractivity contribution is -0.141. The molecule has 0 bridgehead atoms. The molecule has 0 amide bonds. The molecular formula is C16H23NO4. The Morgan fingerprint density at radius 2 is 2.00 bits per heavy atom. The summed E-state index contributed by atoms with van der Waals surface area (Å²) in [7, 11) is 3.21. The molecule has 0 aromatic heterocycles. The molecule has 0 aliphatic carbocycles. The molecule has 1 heterocycles. The van der Waals surface area contributed by atoms with E-state index in [9.17, 15) is 9.90 Å². The highest BCUT2D eigenvalue weighted by Crippen LogP contribution is 2.39. The second kappa shape index (κ2) is 6.35. The number of nitrogens with zero attached hydrogens (tertiary/aromatic N) is 1. The predicted octanol–water partition coefficient (Wildman–Crippen LogP) is 2.21. The second-order valence-corrected chi connectivity index (χ2v) is 5.71. The van der Waals surface area contributed by atoms with Gasteiger partial charge in [-0.2, -0.15) is 0 Å². The number of likely N-dealkylation sites (tertiary alicyclic amines) is 1. The van der Waals surface area contributed by atoms with Crippen LogP contribution in [0.15, 0.2) is 18.2 Å². The highest BCUT2D eigenvalue weighted by atomic mass is 16.5. The van der Waals surface area contributed by atoms with E-state index in [4.69, 9.17) is 9.47 Å².